The topological polar surface area (TPSA) is 89.3 Å². The summed E-state index contributed by atoms with van der Waals surface area (Å²) in [5.74, 6) is 1.35. The van der Waals surface area contributed by atoms with E-state index in [1.54, 1.807) is 12.1 Å². The molecule has 0 saturated heterocycles. The molecule has 0 aliphatic rings. The van der Waals surface area contributed by atoms with Gasteiger partial charge in [0.05, 0.1) is 18.8 Å². The van der Waals surface area contributed by atoms with Crippen molar-refractivity contribution in [3.63, 3.8) is 0 Å². The van der Waals surface area contributed by atoms with Crippen LogP contribution >= 0.6 is 0 Å². The Morgan fingerprint density at radius 2 is 2.20 bits per heavy atom. The molecule has 1 aromatic heterocycles. The van der Waals surface area contributed by atoms with Crippen LogP contribution in [0, 0.1) is 5.92 Å². The van der Waals surface area contributed by atoms with Gasteiger partial charge < -0.3 is 21.1 Å². The number of aromatic nitrogens is 1. The predicted octanol–water partition coefficient (Wildman–Crippen LogP) is 1.64. The summed E-state index contributed by atoms with van der Waals surface area (Å²) in [6.45, 7) is 7.52. The summed E-state index contributed by atoms with van der Waals surface area (Å²) in [4.78, 5) is 15.8. The summed E-state index contributed by atoms with van der Waals surface area (Å²) < 4.78 is 5.44. The van der Waals surface area contributed by atoms with Gasteiger partial charge in [-0.15, -0.1) is 0 Å². The molecule has 4 N–H and O–H groups in total. The molecule has 0 spiro atoms. The van der Waals surface area contributed by atoms with Crippen LogP contribution in [0.3, 0.4) is 0 Å². The highest BCUT2D eigenvalue weighted by Gasteiger charge is 2.06. The van der Waals surface area contributed by atoms with Gasteiger partial charge in [-0.05, 0) is 24.5 Å². The van der Waals surface area contributed by atoms with Crippen LogP contribution in [-0.2, 0) is 4.79 Å². The van der Waals surface area contributed by atoms with E-state index in [0.29, 0.717) is 36.5 Å². The van der Waals surface area contributed by atoms with Crippen molar-refractivity contribution in [1.29, 1.82) is 0 Å². The number of amides is 1. The largest absolute Gasteiger partial charge is 0.476 e. The van der Waals surface area contributed by atoms with Gasteiger partial charge in [-0.2, -0.15) is 4.98 Å². The molecule has 0 aliphatic carbocycles. The number of hydrogen-bond donors (Lipinski definition) is 3. The maximum Gasteiger partial charge on any atom is 0.239 e. The minimum Gasteiger partial charge on any atom is -0.476 e. The summed E-state index contributed by atoms with van der Waals surface area (Å²) >= 11 is 0. The Morgan fingerprint density at radius 1 is 1.45 bits per heavy atom. The van der Waals surface area contributed by atoms with Crippen molar-refractivity contribution in [2.24, 2.45) is 5.92 Å². The number of nitrogens with one attached hydrogen (secondary N) is 2. The summed E-state index contributed by atoms with van der Waals surface area (Å²) in [6, 6.07) is 3.44. The molecule has 1 rings (SSSR count). The lowest BCUT2D eigenvalue weighted by Gasteiger charge is -2.11. The van der Waals surface area contributed by atoms with Crippen LogP contribution in [-0.4, -0.2) is 30.6 Å². The number of rotatable bonds is 8. The van der Waals surface area contributed by atoms with E-state index < -0.39 is 0 Å². The average Bonchev–Trinajstić information content (AvgIpc) is 2.42. The third-order valence-electron chi connectivity index (χ3n) is 2.47. The van der Waals surface area contributed by atoms with Crippen LogP contribution in [0.4, 0.5) is 11.5 Å². The van der Waals surface area contributed by atoms with Gasteiger partial charge >= 0.3 is 0 Å². The number of hydrogen-bond acceptors (Lipinski definition) is 5. The Morgan fingerprint density at radius 3 is 2.85 bits per heavy atom. The third kappa shape index (κ3) is 5.77. The molecule has 112 valence electrons. The van der Waals surface area contributed by atoms with E-state index in [1.165, 1.54) is 0 Å². The highest BCUT2D eigenvalue weighted by molar-refractivity contribution is 5.80. The van der Waals surface area contributed by atoms with Gasteiger partial charge in [0.15, 0.2) is 0 Å². The molecule has 0 saturated carbocycles. The van der Waals surface area contributed by atoms with E-state index in [4.69, 9.17) is 10.5 Å². The maximum absolute atomic E-state index is 11.6. The molecule has 0 atom stereocenters. The summed E-state index contributed by atoms with van der Waals surface area (Å²) in [7, 11) is 0. The van der Waals surface area contributed by atoms with E-state index in [0.717, 1.165) is 6.42 Å². The molecule has 0 bridgehead atoms. The molecule has 1 amide bonds. The van der Waals surface area contributed by atoms with Crippen LogP contribution in [0.15, 0.2) is 12.1 Å². The van der Waals surface area contributed by atoms with Crippen LogP contribution in [0.5, 0.6) is 5.88 Å². The van der Waals surface area contributed by atoms with E-state index in [9.17, 15) is 4.79 Å². The van der Waals surface area contributed by atoms with Gasteiger partial charge in [-0.3, -0.25) is 4.79 Å². The first-order chi connectivity index (χ1) is 9.52. The lowest BCUT2D eigenvalue weighted by molar-refractivity contribution is -0.119. The Labute approximate surface area is 120 Å². The number of nitrogens with zero attached hydrogens (tertiary/aromatic N) is 1. The lowest BCUT2D eigenvalue weighted by atomic mass is 10.2. The lowest BCUT2D eigenvalue weighted by Crippen LogP contribution is -2.32. The van der Waals surface area contributed by atoms with Gasteiger partial charge in [0.25, 0.3) is 0 Å². The van der Waals surface area contributed by atoms with Crippen LogP contribution in [0.2, 0.25) is 0 Å². The van der Waals surface area contributed by atoms with Gasteiger partial charge in [-0.1, -0.05) is 20.8 Å². The van der Waals surface area contributed by atoms with E-state index in [-0.39, 0.29) is 12.5 Å². The second-order valence-electron chi connectivity index (χ2n) is 4.99. The van der Waals surface area contributed by atoms with Crippen LogP contribution in [0.25, 0.3) is 0 Å². The zero-order chi connectivity index (χ0) is 15.0. The number of nitrogens with two attached hydrogens (primary N) is 1. The predicted molar refractivity (Wildman–Crippen MR) is 80.8 cm³/mol. The van der Waals surface area contributed by atoms with Crippen molar-refractivity contribution < 1.29 is 9.53 Å². The van der Waals surface area contributed by atoms with Crippen molar-refractivity contribution in [2.45, 2.75) is 27.2 Å². The number of carbonyl (C=O) groups is 1. The highest BCUT2D eigenvalue weighted by Crippen LogP contribution is 2.20. The Bertz CT molecular complexity index is 435. The molecular formula is C14H24N4O2. The van der Waals surface area contributed by atoms with E-state index >= 15 is 0 Å². The fourth-order valence-electron chi connectivity index (χ4n) is 1.42. The number of ether oxygens (including phenoxy) is 1. The van der Waals surface area contributed by atoms with Crippen molar-refractivity contribution in [2.75, 3.05) is 30.7 Å². The summed E-state index contributed by atoms with van der Waals surface area (Å²) in [5.41, 5.74) is 6.27. The Hall–Kier alpha value is -1.98. The molecule has 0 fully saturated rings. The molecule has 6 heteroatoms. The minimum atomic E-state index is -0.0617. The number of pyridine rings is 1. The monoisotopic (exact) mass is 280 g/mol. The maximum atomic E-state index is 11.6. The standard InChI is InChI=1S/C14H24N4O2/c1-4-7-20-14-11(15)5-6-12(18-14)16-9-13(19)17-8-10(2)3/h5-6,10H,4,7-9,15H2,1-3H3,(H,16,18)(H,17,19). The van der Waals surface area contributed by atoms with E-state index in [2.05, 4.69) is 15.6 Å². The first kappa shape index (κ1) is 16.1. The molecule has 0 radical (unpaired) electrons. The zero-order valence-electron chi connectivity index (χ0n) is 12.4. The highest BCUT2D eigenvalue weighted by atomic mass is 16.5. The fourth-order valence-corrected chi connectivity index (χ4v) is 1.42. The van der Waals surface area contributed by atoms with Crippen molar-refractivity contribution in [1.82, 2.24) is 10.3 Å². The number of nitrogen functional groups attached to an aromatic ring is 1. The number of anilines is 2. The average molecular weight is 280 g/mol. The Kier molecular flexibility index (Phi) is 6.63. The second-order valence-corrected chi connectivity index (χ2v) is 4.99. The van der Waals surface area contributed by atoms with Crippen molar-refractivity contribution in [3.05, 3.63) is 12.1 Å². The molecule has 0 aliphatic heterocycles. The molecule has 1 aromatic rings. The second kappa shape index (κ2) is 8.24. The fraction of sp³-hybridized carbons (Fsp3) is 0.571. The molecular weight excluding hydrogens is 256 g/mol. The molecule has 0 aromatic carbocycles. The van der Waals surface area contributed by atoms with Gasteiger partial charge in [0.2, 0.25) is 11.8 Å². The van der Waals surface area contributed by atoms with Crippen molar-refractivity contribution >= 4 is 17.4 Å². The number of carbonyl (C=O) groups excluding carboxylic acids is 1. The molecule has 1 heterocycles. The first-order valence-corrected chi connectivity index (χ1v) is 6.92. The normalized spacial score (nSPS) is 10.4. The molecule has 20 heavy (non-hydrogen) atoms. The van der Waals surface area contributed by atoms with E-state index in [1.807, 2.05) is 20.8 Å². The minimum absolute atomic E-state index is 0.0617. The molecule has 6 nitrogen and oxygen atoms in total. The van der Waals surface area contributed by atoms with Gasteiger partial charge in [0.1, 0.15) is 5.82 Å². The van der Waals surface area contributed by atoms with Crippen LogP contribution in [0.1, 0.15) is 27.2 Å². The summed E-state index contributed by atoms with van der Waals surface area (Å²) in [6.07, 6.45) is 0.885. The quantitative estimate of drug-likeness (QED) is 0.673. The molecule has 0 unspecified atom stereocenters. The SMILES string of the molecule is CCCOc1nc(NCC(=O)NCC(C)C)ccc1N. The van der Waals surface area contributed by atoms with Gasteiger partial charge in [-0.25, -0.2) is 0 Å². The zero-order valence-corrected chi connectivity index (χ0v) is 12.4. The third-order valence-corrected chi connectivity index (χ3v) is 2.47. The smallest absolute Gasteiger partial charge is 0.239 e. The van der Waals surface area contributed by atoms with Crippen LogP contribution < -0.4 is 21.1 Å². The first-order valence-electron chi connectivity index (χ1n) is 6.92. The Balaban J connectivity index is 2.49. The summed E-state index contributed by atoms with van der Waals surface area (Å²) in [5, 5.41) is 5.78. The van der Waals surface area contributed by atoms with Gasteiger partial charge in [0, 0.05) is 6.54 Å². The van der Waals surface area contributed by atoms with Crippen molar-refractivity contribution in [3.8, 4) is 5.88 Å².